The second-order valence-electron chi connectivity index (χ2n) is 3.48. The van der Waals surface area contributed by atoms with E-state index in [0.29, 0.717) is 10.9 Å². The van der Waals surface area contributed by atoms with Crippen molar-refractivity contribution in [2.24, 2.45) is 5.10 Å². The van der Waals surface area contributed by atoms with Gasteiger partial charge in [-0.05, 0) is 49.0 Å². The Hall–Kier alpha value is -2.15. The molecule has 0 atom stereocenters. The van der Waals surface area contributed by atoms with Crippen LogP contribution < -0.4 is 15.5 Å². The third-order valence-electron chi connectivity index (χ3n) is 1.96. The molecule has 0 unspecified atom stereocenters. The minimum Gasteiger partial charge on any atom is -0.482 e. The Balaban J connectivity index is 2.45. The molecule has 19 heavy (non-hydrogen) atoms. The highest BCUT2D eigenvalue weighted by atomic mass is 32.1. The molecule has 0 saturated heterocycles. The molecule has 0 saturated carbocycles. The van der Waals surface area contributed by atoms with Gasteiger partial charge in [0.1, 0.15) is 5.75 Å². The maximum absolute atomic E-state index is 10.3. The smallest absolute Gasteiger partial charge is 0.341 e. The maximum atomic E-state index is 10.3. The average molecular weight is 281 g/mol. The molecule has 0 heterocycles. The molecule has 0 fully saturated rings. The summed E-state index contributed by atoms with van der Waals surface area (Å²) in [5.41, 5.74) is 3.51. The van der Waals surface area contributed by atoms with Crippen molar-refractivity contribution in [1.82, 2.24) is 10.7 Å². The predicted octanol–water partition coefficient (Wildman–Crippen LogP) is 0.968. The van der Waals surface area contributed by atoms with E-state index in [1.54, 1.807) is 30.5 Å². The number of thiocarbonyl (C=S) groups is 1. The molecule has 0 aliphatic carbocycles. The first-order valence-electron chi connectivity index (χ1n) is 5.63. The molecule has 102 valence electrons. The topological polar surface area (TPSA) is 83.0 Å². The molecule has 0 radical (unpaired) electrons. The third-order valence-corrected chi connectivity index (χ3v) is 2.20. The molecule has 0 bridgehead atoms. The zero-order valence-corrected chi connectivity index (χ0v) is 11.2. The van der Waals surface area contributed by atoms with E-state index in [0.717, 1.165) is 12.1 Å². The van der Waals surface area contributed by atoms with Crippen LogP contribution in [0.5, 0.6) is 5.75 Å². The van der Waals surface area contributed by atoms with E-state index in [1.807, 2.05) is 6.92 Å². The number of hydrogen-bond acceptors (Lipinski definition) is 4. The highest BCUT2D eigenvalue weighted by molar-refractivity contribution is 7.80. The van der Waals surface area contributed by atoms with Gasteiger partial charge in [-0.2, -0.15) is 5.10 Å². The Morgan fingerprint density at radius 2 is 2.16 bits per heavy atom. The van der Waals surface area contributed by atoms with E-state index in [4.69, 9.17) is 22.1 Å². The summed E-state index contributed by atoms with van der Waals surface area (Å²) in [7, 11) is 0. The number of carboxylic acids is 1. The van der Waals surface area contributed by atoms with Gasteiger partial charge in [-0.3, -0.25) is 5.43 Å². The molecule has 6 nitrogen and oxygen atoms in total. The zero-order valence-electron chi connectivity index (χ0n) is 10.4. The van der Waals surface area contributed by atoms with Crippen molar-refractivity contribution in [2.75, 3.05) is 13.2 Å². The van der Waals surface area contributed by atoms with E-state index < -0.39 is 5.97 Å². The largest absolute Gasteiger partial charge is 0.482 e. The van der Waals surface area contributed by atoms with Gasteiger partial charge in [-0.25, -0.2) is 4.79 Å². The van der Waals surface area contributed by atoms with Crippen molar-refractivity contribution in [3.8, 4) is 5.75 Å². The van der Waals surface area contributed by atoms with Crippen molar-refractivity contribution < 1.29 is 14.6 Å². The van der Waals surface area contributed by atoms with Gasteiger partial charge in [0, 0.05) is 6.54 Å². The Morgan fingerprint density at radius 3 is 2.74 bits per heavy atom. The summed E-state index contributed by atoms with van der Waals surface area (Å²) in [6.07, 6.45) is 1.60. The fraction of sp³-hybridized carbons (Fsp3) is 0.250. The van der Waals surface area contributed by atoms with Crippen LogP contribution in [0.15, 0.2) is 29.4 Å². The van der Waals surface area contributed by atoms with Crippen LogP contribution in [0.1, 0.15) is 12.5 Å². The van der Waals surface area contributed by atoms with E-state index in [9.17, 15) is 4.79 Å². The van der Waals surface area contributed by atoms with Gasteiger partial charge in [0.2, 0.25) is 0 Å². The first-order valence-corrected chi connectivity index (χ1v) is 6.04. The molecule has 0 spiro atoms. The summed E-state index contributed by atoms with van der Waals surface area (Å²) in [6.45, 7) is 2.32. The van der Waals surface area contributed by atoms with Gasteiger partial charge >= 0.3 is 5.97 Å². The number of ether oxygens (including phenoxy) is 1. The summed E-state index contributed by atoms with van der Waals surface area (Å²) in [5, 5.41) is 15.8. The monoisotopic (exact) mass is 281 g/mol. The second-order valence-corrected chi connectivity index (χ2v) is 3.89. The summed E-state index contributed by atoms with van der Waals surface area (Å²) in [5.74, 6) is -0.512. The SMILES string of the molecule is CCNC(=S)N/N=C/c1ccc(OCC(=O)O)cc1. The summed E-state index contributed by atoms with van der Waals surface area (Å²) in [6, 6.07) is 6.87. The fourth-order valence-corrected chi connectivity index (χ4v) is 1.36. The van der Waals surface area contributed by atoms with E-state index in [1.165, 1.54) is 0 Å². The molecule has 0 amide bonds. The molecule has 1 aromatic rings. The van der Waals surface area contributed by atoms with E-state index in [-0.39, 0.29) is 6.61 Å². The van der Waals surface area contributed by atoms with Crippen LogP contribution in [-0.4, -0.2) is 35.6 Å². The first kappa shape index (κ1) is 14.9. The van der Waals surface area contributed by atoms with E-state index >= 15 is 0 Å². The van der Waals surface area contributed by atoms with Crippen LogP contribution in [0.4, 0.5) is 0 Å². The van der Waals surface area contributed by atoms with Crippen molar-refractivity contribution in [3.05, 3.63) is 29.8 Å². The Kier molecular flexibility index (Phi) is 6.31. The number of rotatable bonds is 6. The van der Waals surface area contributed by atoms with Gasteiger partial charge in [0.25, 0.3) is 0 Å². The fourth-order valence-electron chi connectivity index (χ4n) is 1.16. The van der Waals surface area contributed by atoms with Crippen LogP contribution in [0.2, 0.25) is 0 Å². The second kappa shape index (κ2) is 8.04. The maximum Gasteiger partial charge on any atom is 0.341 e. The van der Waals surface area contributed by atoms with Gasteiger partial charge in [-0.15, -0.1) is 0 Å². The Morgan fingerprint density at radius 1 is 1.47 bits per heavy atom. The summed E-state index contributed by atoms with van der Waals surface area (Å²) in [4.78, 5) is 10.3. The van der Waals surface area contributed by atoms with Gasteiger partial charge < -0.3 is 15.2 Å². The molecule has 1 rings (SSSR count). The molecule has 0 aliphatic rings. The lowest BCUT2D eigenvalue weighted by Crippen LogP contribution is -2.31. The molecule has 0 aliphatic heterocycles. The number of benzene rings is 1. The lowest BCUT2D eigenvalue weighted by Gasteiger charge is -2.04. The normalized spacial score (nSPS) is 10.2. The van der Waals surface area contributed by atoms with Crippen molar-refractivity contribution in [2.45, 2.75) is 6.92 Å². The number of aliphatic carboxylic acids is 1. The predicted molar refractivity (Wildman–Crippen MR) is 76.6 cm³/mol. The highest BCUT2D eigenvalue weighted by Crippen LogP contribution is 2.10. The first-order chi connectivity index (χ1) is 9.11. The number of hydrazone groups is 1. The number of nitrogens with zero attached hydrogens (tertiary/aromatic N) is 1. The van der Waals surface area contributed by atoms with Crippen molar-refractivity contribution >= 4 is 29.5 Å². The Labute approximate surface area is 116 Å². The van der Waals surface area contributed by atoms with Gasteiger partial charge in [-0.1, -0.05) is 0 Å². The number of hydrogen-bond donors (Lipinski definition) is 3. The molecule has 1 aromatic carbocycles. The van der Waals surface area contributed by atoms with Crippen LogP contribution in [0.3, 0.4) is 0 Å². The lowest BCUT2D eigenvalue weighted by atomic mass is 10.2. The quantitative estimate of drug-likeness (QED) is 0.409. The minimum absolute atomic E-state index is 0.355. The highest BCUT2D eigenvalue weighted by Gasteiger charge is 1.98. The van der Waals surface area contributed by atoms with Crippen LogP contribution in [0.25, 0.3) is 0 Å². The van der Waals surface area contributed by atoms with Gasteiger partial charge in [0.15, 0.2) is 11.7 Å². The standard InChI is InChI=1S/C12H15N3O3S/c1-2-13-12(19)15-14-7-9-3-5-10(6-4-9)18-8-11(16)17/h3-7H,2,8H2,1H3,(H,16,17)(H2,13,15,19)/b14-7+. The molecular formula is C12H15N3O3S. The number of carboxylic acid groups (broad SMARTS) is 1. The molecule has 7 heteroatoms. The summed E-state index contributed by atoms with van der Waals surface area (Å²) < 4.78 is 5.01. The van der Waals surface area contributed by atoms with Crippen LogP contribution >= 0.6 is 12.2 Å². The summed E-state index contributed by atoms with van der Waals surface area (Å²) >= 11 is 4.94. The molecule has 0 aromatic heterocycles. The number of carbonyl (C=O) groups is 1. The van der Waals surface area contributed by atoms with Crippen molar-refractivity contribution in [3.63, 3.8) is 0 Å². The van der Waals surface area contributed by atoms with Crippen LogP contribution in [0, 0.1) is 0 Å². The van der Waals surface area contributed by atoms with Gasteiger partial charge in [0.05, 0.1) is 6.21 Å². The average Bonchev–Trinajstić information content (AvgIpc) is 2.38. The lowest BCUT2D eigenvalue weighted by molar-refractivity contribution is -0.139. The van der Waals surface area contributed by atoms with Crippen LogP contribution in [-0.2, 0) is 4.79 Å². The molecule has 3 N–H and O–H groups in total. The zero-order chi connectivity index (χ0) is 14.1. The minimum atomic E-state index is -1.01. The van der Waals surface area contributed by atoms with E-state index in [2.05, 4.69) is 15.8 Å². The third kappa shape index (κ3) is 6.37. The molecular weight excluding hydrogens is 266 g/mol. The Bertz CT molecular complexity index is 460. The van der Waals surface area contributed by atoms with Crippen molar-refractivity contribution in [1.29, 1.82) is 0 Å². The number of nitrogens with one attached hydrogen (secondary N) is 2.